The van der Waals surface area contributed by atoms with Crippen molar-refractivity contribution in [1.82, 2.24) is 9.55 Å². The van der Waals surface area contributed by atoms with E-state index in [9.17, 15) is 0 Å². The first-order chi connectivity index (χ1) is 8.48. The third-order valence-corrected chi connectivity index (χ3v) is 2.97. The minimum absolute atomic E-state index is 0.0816. The van der Waals surface area contributed by atoms with Gasteiger partial charge in [0.2, 0.25) is 0 Å². The molecule has 0 radical (unpaired) electrons. The molecule has 0 saturated heterocycles. The van der Waals surface area contributed by atoms with E-state index >= 15 is 0 Å². The van der Waals surface area contributed by atoms with Gasteiger partial charge in [0.25, 0.3) is 0 Å². The van der Waals surface area contributed by atoms with Crippen LogP contribution in [0.1, 0.15) is 32.2 Å². The molecule has 1 aromatic carbocycles. The van der Waals surface area contributed by atoms with Crippen molar-refractivity contribution in [1.29, 1.82) is 0 Å². The highest BCUT2D eigenvalue weighted by Crippen LogP contribution is 2.31. The number of hydrogen-bond donors (Lipinski definition) is 0. The summed E-state index contributed by atoms with van der Waals surface area (Å²) in [6.45, 7) is 7.07. The Hall–Kier alpha value is -1.77. The molecule has 0 atom stereocenters. The third kappa shape index (κ3) is 2.73. The van der Waals surface area contributed by atoms with Crippen LogP contribution in [-0.4, -0.2) is 9.55 Å². The quantitative estimate of drug-likeness (QED) is 0.828. The Labute approximate surface area is 108 Å². The van der Waals surface area contributed by atoms with Crippen LogP contribution in [0, 0.1) is 0 Å². The van der Waals surface area contributed by atoms with Gasteiger partial charge in [-0.1, -0.05) is 39.0 Å². The molecule has 0 bridgehead atoms. The molecule has 2 rings (SSSR count). The van der Waals surface area contributed by atoms with Crippen LogP contribution in [0.4, 0.5) is 0 Å². The fraction of sp³-hybridized carbons (Fsp3) is 0.400. The Morgan fingerprint density at radius 2 is 1.94 bits per heavy atom. The van der Waals surface area contributed by atoms with Crippen LogP contribution < -0.4 is 4.74 Å². The summed E-state index contributed by atoms with van der Waals surface area (Å²) in [5, 5.41) is 0. The van der Waals surface area contributed by atoms with E-state index in [1.807, 2.05) is 36.0 Å². The summed E-state index contributed by atoms with van der Waals surface area (Å²) in [6.07, 6.45) is 3.71. The number of benzene rings is 1. The van der Waals surface area contributed by atoms with Gasteiger partial charge in [0.1, 0.15) is 18.2 Å². The van der Waals surface area contributed by atoms with E-state index in [0.29, 0.717) is 6.61 Å². The maximum atomic E-state index is 5.91. The molecule has 0 aliphatic carbocycles. The predicted octanol–water partition coefficient (Wildman–Crippen LogP) is 3.30. The van der Waals surface area contributed by atoms with Gasteiger partial charge < -0.3 is 9.30 Å². The van der Waals surface area contributed by atoms with E-state index in [-0.39, 0.29) is 5.41 Å². The molecule has 3 heteroatoms. The van der Waals surface area contributed by atoms with Gasteiger partial charge in [-0.25, -0.2) is 4.98 Å². The largest absolute Gasteiger partial charge is 0.485 e. The molecule has 0 amide bonds. The fourth-order valence-corrected chi connectivity index (χ4v) is 1.89. The molecular formula is C15H20N2O. The summed E-state index contributed by atoms with van der Waals surface area (Å²) in [5.41, 5.74) is 1.30. The van der Waals surface area contributed by atoms with Gasteiger partial charge in [-0.05, 0) is 17.0 Å². The van der Waals surface area contributed by atoms with Crippen LogP contribution in [-0.2, 0) is 19.1 Å². The smallest absolute Gasteiger partial charge is 0.146 e. The summed E-state index contributed by atoms with van der Waals surface area (Å²) in [4.78, 5) is 4.26. The van der Waals surface area contributed by atoms with Gasteiger partial charge in [0.15, 0.2) is 0 Å². The second-order valence-electron chi connectivity index (χ2n) is 5.49. The molecule has 0 aliphatic rings. The zero-order chi connectivity index (χ0) is 13.2. The second kappa shape index (κ2) is 4.84. The number of hydrogen-bond acceptors (Lipinski definition) is 2. The predicted molar refractivity (Wildman–Crippen MR) is 72.7 cm³/mol. The lowest BCUT2D eigenvalue weighted by Crippen LogP contribution is -2.14. The van der Waals surface area contributed by atoms with Crippen LogP contribution in [0.25, 0.3) is 0 Å². The number of ether oxygens (including phenoxy) is 1. The minimum atomic E-state index is 0.0816. The van der Waals surface area contributed by atoms with Crippen molar-refractivity contribution in [3.8, 4) is 5.75 Å². The number of rotatable bonds is 3. The summed E-state index contributed by atoms with van der Waals surface area (Å²) < 4.78 is 7.88. The Morgan fingerprint density at radius 3 is 2.56 bits per heavy atom. The van der Waals surface area contributed by atoms with E-state index in [2.05, 4.69) is 31.8 Å². The topological polar surface area (TPSA) is 27.1 Å². The molecule has 2 aromatic rings. The molecule has 0 unspecified atom stereocenters. The van der Waals surface area contributed by atoms with Crippen molar-refractivity contribution in [2.24, 2.45) is 7.05 Å². The number of para-hydroxylation sites is 1. The van der Waals surface area contributed by atoms with Gasteiger partial charge in [0, 0.05) is 19.4 Å². The van der Waals surface area contributed by atoms with Crippen LogP contribution in [0.5, 0.6) is 5.75 Å². The number of aryl methyl sites for hydroxylation is 1. The highest BCUT2D eigenvalue weighted by atomic mass is 16.5. The van der Waals surface area contributed by atoms with Crippen molar-refractivity contribution in [3.05, 3.63) is 48.0 Å². The molecule has 1 aromatic heterocycles. The first-order valence-corrected chi connectivity index (χ1v) is 6.17. The van der Waals surface area contributed by atoms with E-state index in [1.165, 1.54) is 5.56 Å². The molecular weight excluding hydrogens is 224 g/mol. The molecule has 96 valence electrons. The molecule has 0 aliphatic heterocycles. The van der Waals surface area contributed by atoms with Gasteiger partial charge in [-0.15, -0.1) is 0 Å². The maximum absolute atomic E-state index is 5.91. The van der Waals surface area contributed by atoms with Crippen molar-refractivity contribution < 1.29 is 4.74 Å². The van der Waals surface area contributed by atoms with Crippen LogP contribution in [0.2, 0.25) is 0 Å². The molecule has 3 nitrogen and oxygen atoms in total. The lowest BCUT2D eigenvalue weighted by atomic mass is 9.86. The molecule has 0 fully saturated rings. The first kappa shape index (κ1) is 12.7. The number of aromatic nitrogens is 2. The van der Waals surface area contributed by atoms with E-state index in [1.54, 1.807) is 6.20 Å². The average molecular weight is 244 g/mol. The maximum Gasteiger partial charge on any atom is 0.146 e. The lowest BCUT2D eigenvalue weighted by Gasteiger charge is -2.22. The molecule has 0 N–H and O–H groups in total. The van der Waals surface area contributed by atoms with Crippen LogP contribution >= 0.6 is 0 Å². The van der Waals surface area contributed by atoms with E-state index < -0.39 is 0 Å². The normalized spacial score (nSPS) is 11.6. The first-order valence-electron chi connectivity index (χ1n) is 6.17. The lowest BCUT2D eigenvalue weighted by molar-refractivity contribution is 0.284. The van der Waals surface area contributed by atoms with Crippen molar-refractivity contribution in [3.63, 3.8) is 0 Å². The van der Waals surface area contributed by atoms with Crippen LogP contribution in [0.15, 0.2) is 36.7 Å². The van der Waals surface area contributed by atoms with Gasteiger partial charge in [-0.2, -0.15) is 0 Å². The van der Waals surface area contributed by atoms with E-state index in [4.69, 9.17) is 4.74 Å². The van der Waals surface area contributed by atoms with Crippen LogP contribution in [0.3, 0.4) is 0 Å². The SMILES string of the molecule is Cn1ccnc1COc1ccccc1C(C)(C)C. The van der Waals surface area contributed by atoms with Gasteiger partial charge in [-0.3, -0.25) is 0 Å². The van der Waals surface area contributed by atoms with Gasteiger partial charge in [0.05, 0.1) is 0 Å². The molecule has 18 heavy (non-hydrogen) atoms. The summed E-state index contributed by atoms with van der Waals surface area (Å²) >= 11 is 0. The number of imidazole rings is 1. The summed E-state index contributed by atoms with van der Waals surface area (Å²) in [6, 6.07) is 8.19. The second-order valence-corrected chi connectivity index (χ2v) is 5.49. The minimum Gasteiger partial charge on any atom is -0.485 e. The summed E-state index contributed by atoms with van der Waals surface area (Å²) in [7, 11) is 1.97. The van der Waals surface area contributed by atoms with Gasteiger partial charge >= 0.3 is 0 Å². The monoisotopic (exact) mass is 244 g/mol. The van der Waals surface area contributed by atoms with Crippen molar-refractivity contribution in [2.45, 2.75) is 32.8 Å². The highest BCUT2D eigenvalue weighted by Gasteiger charge is 2.18. The Morgan fingerprint density at radius 1 is 1.22 bits per heavy atom. The third-order valence-electron chi connectivity index (χ3n) is 2.97. The van der Waals surface area contributed by atoms with E-state index in [0.717, 1.165) is 11.6 Å². The molecule has 0 saturated carbocycles. The zero-order valence-corrected chi connectivity index (χ0v) is 11.5. The molecule has 1 heterocycles. The standard InChI is InChI=1S/C15H20N2O/c1-15(2,3)12-7-5-6-8-13(12)18-11-14-16-9-10-17(14)4/h5-10H,11H2,1-4H3. The Bertz CT molecular complexity index is 523. The zero-order valence-electron chi connectivity index (χ0n) is 11.5. The summed E-state index contributed by atoms with van der Waals surface area (Å²) in [5.74, 6) is 1.87. The van der Waals surface area contributed by atoms with Crippen molar-refractivity contribution in [2.75, 3.05) is 0 Å². The average Bonchev–Trinajstić information content (AvgIpc) is 2.71. The highest BCUT2D eigenvalue weighted by molar-refractivity contribution is 5.38. The fourth-order valence-electron chi connectivity index (χ4n) is 1.89. The van der Waals surface area contributed by atoms with Crippen molar-refractivity contribution >= 4 is 0 Å². The molecule has 0 spiro atoms. The Balaban J connectivity index is 2.17. The Kier molecular flexibility index (Phi) is 3.41. The number of nitrogens with zero attached hydrogens (tertiary/aromatic N) is 2.